The Morgan fingerprint density at radius 3 is 2.83 bits per heavy atom. The van der Waals surface area contributed by atoms with Gasteiger partial charge in [0, 0.05) is 17.3 Å². The molecule has 2 heterocycles. The molecule has 0 radical (unpaired) electrons. The third-order valence-electron chi connectivity index (χ3n) is 2.72. The number of phenolic OH excluding ortho intramolecular Hbond substituents is 1. The summed E-state index contributed by atoms with van der Waals surface area (Å²) in [5, 5.41) is 17.6. The van der Waals surface area contributed by atoms with Crippen LogP contribution >= 0.6 is 0 Å². The highest BCUT2D eigenvalue weighted by Gasteiger charge is 2.09. The largest absolute Gasteiger partial charge is 0.506 e. The fourth-order valence-corrected chi connectivity index (χ4v) is 1.78. The molecule has 6 nitrogen and oxygen atoms in total. The highest BCUT2D eigenvalue weighted by molar-refractivity contribution is 5.67. The summed E-state index contributed by atoms with van der Waals surface area (Å²) in [4.78, 5) is 4.21. The van der Waals surface area contributed by atoms with Crippen LogP contribution in [0.4, 0.5) is 5.69 Å². The molecule has 0 saturated carbocycles. The Kier molecular flexibility index (Phi) is 2.16. The molecule has 1 aromatic carbocycles. The second-order valence-electron chi connectivity index (χ2n) is 4.06. The Bertz CT molecular complexity index is 734. The normalized spacial score (nSPS) is 10.9. The van der Waals surface area contributed by atoms with E-state index in [1.807, 2.05) is 13.0 Å². The molecule has 2 aromatic heterocycles. The molecule has 0 spiro atoms. The zero-order chi connectivity index (χ0) is 12.7. The number of benzene rings is 1. The molecule has 0 amide bonds. The molecule has 0 saturated heterocycles. The van der Waals surface area contributed by atoms with Crippen LogP contribution in [0.25, 0.3) is 17.0 Å². The lowest BCUT2D eigenvalue weighted by atomic mass is 10.2. The van der Waals surface area contributed by atoms with Crippen LogP contribution in [0.15, 0.2) is 30.6 Å². The number of aromatic nitrogens is 4. The predicted molar refractivity (Wildman–Crippen MR) is 67.0 cm³/mol. The lowest BCUT2D eigenvalue weighted by Gasteiger charge is -2.03. The van der Waals surface area contributed by atoms with Gasteiger partial charge in [0.25, 0.3) is 0 Å². The van der Waals surface area contributed by atoms with E-state index >= 15 is 0 Å². The quantitative estimate of drug-likeness (QED) is 0.496. The molecule has 3 aromatic rings. The number of fused-ring (bicyclic) bond motifs is 1. The lowest BCUT2D eigenvalue weighted by Crippen LogP contribution is -1.93. The number of aromatic hydroxyl groups is 1. The van der Waals surface area contributed by atoms with E-state index in [4.69, 9.17) is 5.73 Å². The van der Waals surface area contributed by atoms with Gasteiger partial charge in [0.15, 0.2) is 11.5 Å². The van der Waals surface area contributed by atoms with Gasteiger partial charge in [-0.3, -0.25) is 4.40 Å². The number of aryl methyl sites for hydroxylation is 1. The lowest BCUT2D eigenvalue weighted by molar-refractivity contribution is 0.478. The third-order valence-corrected chi connectivity index (χ3v) is 2.72. The van der Waals surface area contributed by atoms with Crippen molar-refractivity contribution in [3.8, 4) is 17.1 Å². The van der Waals surface area contributed by atoms with Crippen LogP contribution in [0, 0.1) is 6.92 Å². The first-order valence-corrected chi connectivity index (χ1v) is 5.41. The molecule has 0 fully saturated rings. The molecule has 3 N–H and O–H groups in total. The minimum absolute atomic E-state index is 0.0570. The standard InChI is InChI=1S/C12H11N5O/c1-7-4-11-15-16-12(17(11)6-14-7)8-2-3-10(18)9(13)5-8/h2-6,18H,13H2,1H3. The predicted octanol–water partition coefficient (Wildman–Crippen LogP) is 1.39. The maximum Gasteiger partial charge on any atom is 0.169 e. The van der Waals surface area contributed by atoms with Gasteiger partial charge in [-0.25, -0.2) is 4.98 Å². The Balaban J connectivity index is 2.22. The van der Waals surface area contributed by atoms with Crippen molar-refractivity contribution in [1.29, 1.82) is 0 Å². The topological polar surface area (TPSA) is 89.3 Å². The Morgan fingerprint density at radius 2 is 2.06 bits per heavy atom. The van der Waals surface area contributed by atoms with Gasteiger partial charge in [-0.05, 0) is 25.1 Å². The minimum atomic E-state index is 0.0570. The minimum Gasteiger partial charge on any atom is -0.506 e. The summed E-state index contributed by atoms with van der Waals surface area (Å²) < 4.78 is 1.78. The number of phenols is 1. The average molecular weight is 241 g/mol. The molecule has 3 rings (SSSR count). The molecule has 90 valence electrons. The molecule has 0 aliphatic rings. The molecular formula is C12H11N5O. The number of nitrogen functional groups attached to an aromatic ring is 1. The van der Waals surface area contributed by atoms with Gasteiger partial charge >= 0.3 is 0 Å². The van der Waals surface area contributed by atoms with Crippen molar-refractivity contribution in [2.24, 2.45) is 0 Å². The zero-order valence-electron chi connectivity index (χ0n) is 9.70. The number of rotatable bonds is 1. The molecule has 0 bridgehead atoms. The van der Waals surface area contributed by atoms with Gasteiger partial charge in [-0.2, -0.15) is 0 Å². The second kappa shape index (κ2) is 3.69. The van der Waals surface area contributed by atoms with Gasteiger partial charge in [-0.15, -0.1) is 10.2 Å². The van der Waals surface area contributed by atoms with E-state index in [-0.39, 0.29) is 5.75 Å². The van der Waals surface area contributed by atoms with Crippen molar-refractivity contribution in [2.45, 2.75) is 6.92 Å². The summed E-state index contributed by atoms with van der Waals surface area (Å²) in [6.07, 6.45) is 1.67. The zero-order valence-corrected chi connectivity index (χ0v) is 9.70. The molecule has 0 aliphatic carbocycles. The summed E-state index contributed by atoms with van der Waals surface area (Å²) in [6, 6.07) is 6.78. The number of hydrogen-bond donors (Lipinski definition) is 2. The summed E-state index contributed by atoms with van der Waals surface area (Å²) in [5.41, 5.74) is 8.37. The summed E-state index contributed by atoms with van der Waals surface area (Å²) in [5.74, 6) is 0.700. The monoisotopic (exact) mass is 241 g/mol. The number of hydrogen-bond acceptors (Lipinski definition) is 5. The highest BCUT2D eigenvalue weighted by Crippen LogP contribution is 2.26. The van der Waals surface area contributed by atoms with Gasteiger partial charge in [0.2, 0.25) is 0 Å². The van der Waals surface area contributed by atoms with E-state index in [0.717, 1.165) is 16.9 Å². The van der Waals surface area contributed by atoms with Crippen LogP contribution in [-0.4, -0.2) is 24.7 Å². The fraction of sp³-hybridized carbons (Fsp3) is 0.0833. The SMILES string of the molecule is Cc1cc2nnc(-c3ccc(O)c(N)c3)n2cn1. The number of nitrogens with zero attached hydrogens (tertiary/aromatic N) is 4. The maximum atomic E-state index is 9.41. The smallest absolute Gasteiger partial charge is 0.169 e. The first kappa shape index (κ1) is 10.5. The second-order valence-corrected chi connectivity index (χ2v) is 4.06. The summed E-state index contributed by atoms with van der Waals surface area (Å²) in [7, 11) is 0. The van der Waals surface area contributed by atoms with Gasteiger partial charge in [-0.1, -0.05) is 0 Å². The van der Waals surface area contributed by atoms with Gasteiger partial charge in [0.05, 0.1) is 5.69 Å². The van der Waals surface area contributed by atoms with E-state index in [0.29, 0.717) is 11.5 Å². The molecular weight excluding hydrogens is 230 g/mol. The van der Waals surface area contributed by atoms with Crippen molar-refractivity contribution < 1.29 is 5.11 Å². The van der Waals surface area contributed by atoms with Crippen LogP contribution in [-0.2, 0) is 0 Å². The summed E-state index contributed by atoms with van der Waals surface area (Å²) in [6.45, 7) is 1.90. The van der Waals surface area contributed by atoms with Crippen LogP contribution in [0.5, 0.6) is 5.75 Å². The van der Waals surface area contributed by atoms with E-state index in [1.165, 1.54) is 6.07 Å². The van der Waals surface area contributed by atoms with Crippen LogP contribution in [0.3, 0.4) is 0 Å². The Labute approximate surface area is 103 Å². The maximum absolute atomic E-state index is 9.41. The number of nitrogens with two attached hydrogens (primary N) is 1. The van der Waals surface area contributed by atoms with E-state index in [9.17, 15) is 5.11 Å². The van der Waals surface area contributed by atoms with Crippen LogP contribution in [0.2, 0.25) is 0 Å². The van der Waals surface area contributed by atoms with Gasteiger partial charge in [0.1, 0.15) is 12.1 Å². The van der Waals surface area contributed by atoms with Crippen molar-refractivity contribution in [3.63, 3.8) is 0 Å². The van der Waals surface area contributed by atoms with Gasteiger partial charge < -0.3 is 10.8 Å². The third kappa shape index (κ3) is 1.55. The molecule has 0 aliphatic heterocycles. The van der Waals surface area contributed by atoms with Crippen molar-refractivity contribution in [3.05, 3.63) is 36.3 Å². The molecule has 0 atom stereocenters. The van der Waals surface area contributed by atoms with E-state index < -0.39 is 0 Å². The fourth-order valence-electron chi connectivity index (χ4n) is 1.78. The Morgan fingerprint density at radius 1 is 1.22 bits per heavy atom. The first-order valence-electron chi connectivity index (χ1n) is 5.41. The Hall–Kier alpha value is -2.63. The van der Waals surface area contributed by atoms with E-state index in [2.05, 4.69) is 15.2 Å². The summed E-state index contributed by atoms with van der Waals surface area (Å²) >= 11 is 0. The molecule has 6 heteroatoms. The van der Waals surface area contributed by atoms with Crippen molar-refractivity contribution >= 4 is 11.3 Å². The first-order chi connectivity index (χ1) is 8.65. The number of anilines is 1. The molecule has 0 unspecified atom stereocenters. The van der Waals surface area contributed by atoms with E-state index in [1.54, 1.807) is 22.9 Å². The van der Waals surface area contributed by atoms with Crippen molar-refractivity contribution in [1.82, 2.24) is 19.6 Å². The van der Waals surface area contributed by atoms with Crippen LogP contribution < -0.4 is 5.73 Å². The average Bonchev–Trinajstić information content (AvgIpc) is 2.75. The van der Waals surface area contributed by atoms with Crippen molar-refractivity contribution in [2.75, 3.05) is 5.73 Å². The highest BCUT2D eigenvalue weighted by atomic mass is 16.3. The molecule has 18 heavy (non-hydrogen) atoms. The van der Waals surface area contributed by atoms with Crippen LogP contribution in [0.1, 0.15) is 5.69 Å².